The summed E-state index contributed by atoms with van der Waals surface area (Å²) in [5.74, 6) is 0.175. The van der Waals surface area contributed by atoms with Gasteiger partial charge >= 0.3 is 0 Å². The van der Waals surface area contributed by atoms with Gasteiger partial charge in [0.25, 0.3) is 0 Å². The maximum absolute atomic E-state index is 13.5. The summed E-state index contributed by atoms with van der Waals surface area (Å²) in [5, 5.41) is 3.19. The van der Waals surface area contributed by atoms with Crippen molar-refractivity contribution in [1.82, 2.24) is 10.2 Å². The van der Waals surface area contributed by atoms with Gasteiger partial charge in [0.05, 0.1) is 18.0 Å². The highest BCUT2D eigenvalue weighted by molar-refractivity contribution is 14.0. The van der Waals surface area contributed by atoms with Crippen LogP contribution in [0.25, 0.3) is 0 Å². The van der Waals surface area contributed by atoms with Crippen LogP contribution in [0.1, 0.15) is 25.3 Å². The number of hydrogen-bond donors (Lipinski definition) is 2. The van der Waals surface area contributed by atoms with Gasteiger partial charge in [-0.1, -0.05) is 6.07 Å². The number of aryl methyl sites for hydroxylation is 1. The number of nitrogens with one attached hydrogen (secondary N) is 2. The molecular formula is C16H26FIN4O2S. The van der Waals surface area contributed by atoms with E-state index in [0.29, 0.717) is 5.56 Å². The number of sulfonamides is 1. The van der Waals surface area contributed by atoms with Crippen LogP contribution in [0.15, 0.2) is 23.2 Å². The maximum Gasteiger partial charge on any atom is 0.234 e. The Morgan fingerprint density at radius 3 is 2.60 bits per heavy atom. The highest BCUT2D eigenvalue weighted by Crippen LogP contribution is 2.15. The van der Waals surface area contributed by atoms with Crippen LogP contribution in [0.4, 0.5) is 10.1 Å². The third kappa shape index (κ3) is 6.96. The summed E-state index contributed by atoms with van der Waals surface area (Å²) < 4.78 is 40.1. The van der Waals surface area contributed by atoms with Gasteiger partial charge in [-0.15, -0.1) is 24.0 Å². The van der Waals surface area contributed by atoms with Crippen LogP contribution in [0.5, 0.6) is 0 Å². The van der Waals surface area contributed by atoms with Crippen molar-refractivity contribution in [2.45, 2.75) is 26.7 Å². The molecule has 1 aromatic carbocycles. The van der Waals surface area contributed by atoms with E-state index in [0.717, 1.165) is 38.4 Å². The second kappa shape index (κ2) is 10.1. The summed E-state index contributed by atoms with van der Waals surface area (Å²) in [6.07, 6.45) is 2.26. The Balaban J connectivity index is 0.00000312. The third-order valence-electron chi connectivity index (χ3n) is 3.81. The minimum atomic E-state index is -3.57. The molecule has 1 heterocycles. The predicted molar refractivity (Wildman–Crippen MR) is 111 cm³/mol. The van der Waals surface area contributed by atoms with Crippen molar-refractivity contribution < 1.29 is 12.8 Å². The monoisotopic (exact) mass is 484 g/mol. The van der Waals surface area contributed by atoms with Gasteiger partial charge < -0.3 is 10.2 Å². The molecular weight excluding hydrogens is 458 g/mol. The topological polar surface area (TPSA) is 73.8 Å². The van der Waals surface area contributed by atoms with Gasteiger partial charge in [0.2, 0.25) is 10.0 Å². The number of likely N-dealkylation sites (tertiary alicyclic amines) is 1. The number of halogens is 2. The molecule has 0 radical (unpaired) electrons. The molecule has 0 saturated carbocycles. The maximum atomic E-state index is 13.5. The standard InChI is InChI=1S/C16H25FN4O2S.HI/c1-3-18-16(21-9-4-5-10-21)19-8-11-24(22,23)20-14-7-6-13(2)15(17)12-14;/h6-7,12,20H,3-5,8-11H2,1-2H3,(H,18,19);1H. The second-order valence-electron chi connectivity index (χ2n) is 5.81. The fraction of sp³-hybridized carbons (Fsp3) is 0.562. The Morgan fingerprint density at radius 2 is 2.00 bits per heavy atom. The first-order chi connectivity index (χ1) is 11.4. The van der Waals surface area contributed by atoms with E-state index in [1.165, 1.54) is 6.07 Å². The van der Waals surface area contributed by atoms with E-state index in [1.54, 1.807) is 19.1 Å². The van der Waals surface area contributed by atoms with Crippen molar-refractivity contribution in [3.05, 3.63) is 29.6 Å². The van der Waals surface area contributed by atoms with E-state index in [2.05, 4.69) is 19.9 Å². The minimum Gasteiger partial charge on any atom is -0.357 e. The quantitative estimate of drug-likeness (QED) is 0.370. The molecule has 2 rings (SSSR count). The minimum absolute atomic E-state index is 0. The lowest BCUT2D eigenvalue weighted by atomic mass is 10.2. The van der Waals surface area contributed by atoms with Gasteiger partial charge in [-0.05, 0) is 44.4 Å². The molecule has 2 N–H and O–H groups in total. The Kier molecular flexibility index (Phi) is 8.91. The summed E-state index contributed by atoms with van der Waals surface area (Å²) in [5.41, 5.74) is 0.706. The lowest BCUT2D eigenvalue weighted by Crippen LogP contribution is -2.40. The highest BCUT2D eigenvalue weighted by atomic mass is 127. The summed E-state index contributed by atoms with van der Waals surface area (Å²) in [7, 11) is -3.57. The molecule has 1 aliphatic heterocycles. The molecule has 0 aliphatic carbocycles. The molecule has 142 valence electrons. The van der Waals surface area contributed by atoms with E-state index < -0.39 is 15.8 Å². The normalized spacial score (nSPS) is 15.0. The van der Waals surface area contributed by atoms with Crippen molar-refractivity contribution in [2.75, 3.05) is 36.7 Å². The zero-order chi connectivity index (χ0) is 17.6. The second-order valence-corrected chi connectivity index (χ2v) is 7.66. The van der Waals surface area contributed by atoms with E-state index in [9.17, 15) is 12.8 Å². The Bertz CT molecular complexity index is 691. The molecule has 0 spiro atoms. The first-order valence-electron chi connectivity index (χ1n) is 8.21. The molecule has 1 aromatic rings. The van der Waals surface area contributed by atoms with Crippen molar-refractivity contribution >= 4 is 45.6 Å². The summed E-state index contributed by atoms with van der Waals surface area (Å²) in [6, 6.07) is 4.28. The number of hydrogen-bond acceptors (Lipinski definition) is 3. The molecule has 1 aliphatic rings. The molecule has 9 heteroatoms. The van der Waals surface area contributed by atoms with Crippen LogP contribution in [0, 0.1) is 12.7 Å². The summed E-state index contributed by atoms with van der Waals surface area (Å²) in [4.78, 5) is 6.53. The number of anilines is 1. The van der Waals surface area contributed by atoms with Gasteiger partial charge in [0, 0.05) is 19.6 Å². The SMILES string of the molecule is CCNC(=NCCS(=O)(=O)Nc1ccc(C)c(F)c1)N1CCCC1.I. The van der Waals surface area contributed by atoms with Gasteiger partial charge in [-0.2, -0.15) is 0 Å². The molecule has 1 saturated heterocycles. The summed E-state index contributed by atoms with van der Waals surface area (Å²) >= 11 is 0. The molecule has 0 unspecified atom stereocenters. The van der Waals surface area contributed by atoms with Gasteiger partial charge in [-0.3, -0.25) is 9.71 Å². The lowest BCUT2D eigenvalue weighted by molar-refractivity contribution is 0.494. The molecule has 6 nitrogen and oxygen atoms in total. The number of rotatable bonds is 6. The third-order valence-corrected chi connectivity index (χ3v) is 5.07. The van der Waals surface area contributed by atoms with Crippen molar-refractivity contribution in [2.24, 2.45) is 4.99 Å². The molecule has 25 heavy (non-hydrogen) atoms. The van der Waals surface area contributed by atoms with Crippen molar-refractivity contribution in [1.29, 1.82) is 0 Å². The average molecular weight is 484 g/mol. The Morgan fingerprint density at radius 1 is 1.32 bits per heavy atom. The van der Waals surface area contributed by atoms with Crippen LogP contribution in [-0.4, -0.2) is 51.2 Å². The highest BCUT2D eigenvalue weighted by Gasteiger charge is 2.16. The van der Waals surface area contributed by atoms with E-state index in [-0.39, 0.29) is 42.0 Å². The smallest absolute Gasteiger partial charge is 0.234 e. The van der Waals surface area contributed by atoms with E-state index in [1.807, 2.05) is 6.92 Å². The van der Waals surface area contributed by atoms with Crippen LogP contribution in [-0.2, 0) is 10.0 Å². The molecule has 0 atom stereocenters. The molecule has 0 amide bonds. The van der Waals surface area contributed by atoms with E-state index in [4.69, 9.17) is 0 Å². The number of guanidine groups is 1. The van der Waals surface area contributed by atoms with Gasteiger partial charge in [-0.25, -0.2) is 12.8 Å². The molecule has 0 bridgehead atoms. The zero-order valence-electron chi connectivity index (χ0n) is 14.6. The first-order valence-corrected chi connectivity index (χ1v) is 9.86. The average Bonchev–Trinajstić information content (AvgIpc) is 3.04. The van der Waals surface area contributed by atoms with Gasteiger partial charge in [0.15, 0.2) is 5.96 Å². The van der Waals surface area contributed by atoms with Gasteiger partial charge in [0.1, 0.15) is 5.82 Å². The van der Waals surface area contributed by atoms with Crippen LogP contribution >= 0.6 is 24.0 Å². The Labute approximate surface area is 166 Å². The first kappa shape index (κ1) is 21.9. The number of aliphatic imine (C=N–C) groups is 1. The predicted octanol–water partition coefficient (Wildman–Crippen LogP) is 2.56. The molecule has 0 aromatic heterocycles. The van der Waals surface area contributed by atoms with Crippen molar-refractivity contribution in [3.8, 4) is 0 Å². The van der Waals surface area contributed by atoms with Crippen molar-refractivity contribution in [3.63, 3.8) is 0 Å². The number of nitrogens with zero attached hydrogens (tertiary/aromatic N) is 2. The fourth-order valence-corrected chi connectivity index (χ4v) is 3.43. The van der Waals surface area contributed by atoms with Crippen LogP contribution in [0.2, 0.25) is 0 Å². The zero-order valence-corrected chi connectivity index (χ0v) is 17.7. The van der Waals surface area contributed by atoms with E-state index >= 15 is 0 Å². The van der Waals surface area contributed by atoms with Crippen LogP contribution < -0.4 is 10.0 Å². The Hall–Kier alpha value is -1.10. The number of benzene rings is 1. The largest absolute Gasteiger partial charge is 0.357 e. The van der Waals surface area contributed by atoms with Crippen LogP contribution in [0.3, 0.4) is 0 Å². The molecule has 1 fully saturated rings. The fourth-order valence-electron chi connectivity index (χ4n) is 2.51. The summed E-state index contributed by atoms with van der Waals surface area (Å²) in [6.45, 7) is 6.39. The lowest BCUT2D eigenvalue weighted by Gasteiger charge is -2.20.